The number of guanidine groups is 1. The zero-order valence-electron chi connectivity index (χ0n) is 17.5. The number of aryl methyl sites for hydroxylation is 1. The van der Waals surface area contributed by atoms with Gasteiger partial charge in [0.2, 0.25) is 5.82 Å². The Balaban J connectivity index is 1.63. The van der Waals surface area contributed by atoms with Gasteiger partial charge in [0.05, 0.1) is 17.6 Å². The monoisotopic (exact) mass is 409 g/mol. The Morgan fingerprint density at radius 1 is 1.13 bits per heavy atom. The van der Waals surface area contributed by atoms with Crippen molar-refractivity contribution in [3.8, 4) is 0 Å². The van der Waals surface area contributed by atoms with E-state index in [-0.39, 0.29) is 29.8 Å². The summed E-state index contributed by atoms with van der Waals surface area (Å²) in [5.74, 6) is 1.32. The molecule has 160 valence electrons. The van der Waals surface area contributed by atoms with Crippen molar-refractivity contribution >= 4 is 28.6 Å². The van der Waals surface area contributed by atoms with E-state index in [1.54, 1.807) is 0 Å². The first kappa shape index (κ1) is 20.4. The van der Waals surface area contributed by atoms with Crippen molar-refractivity contribution in [2.24, 2.45) is 22.4 Å². The van der Waals surface area contributed by atoms with Gasteiger partial charge in [0.25, 0.3) is 5.91 Å². The fourth-order valence-electron chi connectivity index (χ4n) is 4.27. The predicted octanol–water partition coefficient (Wildman–Crippen LogP) is 2.46. The molecule has 0 unspecified atom stereocenters. The molecule has 8 nitrogen and oxygen atoms in total. The highest BCUT2D eigenvalue weighted by Crippen LogP contribution is 2.28. The number of carbonyl (C=O) groups is 1. The number of carbonyl (C=O) groups excluding carboxylic acids is 1. The average Bonchev–Trinajstić information content (AvgIpc) is 2.68. The van der Waals surface area contributed by atoms with Crippen LogP contribution < -0.4 is 22.1 Å². The van der Waals surface area contributed by atoms with Crippen LogP contribution in [0.25, 0.3) is 10.9 Å². The summed E-state index contributed by atoms with van der Waals surface area (Å²) in [6.07, 6.45) is 7.67. The molecule has 0 radical (unpaired) electrons. The largest absolute Gasteiger partial charge is 0.370 e. The molecule has 2 atom stereocenters. The lowest BCUT2D eigenvalue weighted by Gasteiger charge is -2.30. The zero-order chi connectivity index (χ0) is 21.1. The van der Waals surface area contributed by atoms with Crippen molar-refractivity contribution in [1.82, 2.24) is 15.3 Å². The first-order chi connectivity index (χ1) is 14.5. The van der Waals surface area contributed by atoms with Gasteiger partial charge in [-0.3, -0.25) is 4.79 Å². The third kappa shape index (κ3) is 4.63. The minimum absolute atomic E-state index is 0.00512. The highest BCUT2D eigenvalue weighted by molar-refractivity contribution is 5.96. The Morgan fingerprint density at radius 2 is 1.93 bits per heavy atom. The molecule has 6 N–H and O–H groups in total. The summed E-state index contributed by atoms with van der Waals surface area (Å²) in [4.78, 5) is 26.3. The van der Waals surface area contributed by atoms with Crippen molar-refractivity contribution in [1.29, 1.82) is 0 Å². The molecule has 0 bridgehead atoms. The van der Waals surface area contributed by atoms with Crippen LogP contribution in [0.1, 0.15) is 61.1 Å². The first-order valence-corrected chi connectivity index (χ1v) is 10.9. The number of hydrogen-bond acceptors (Lipinski definition) is 5. The standard InChI is InChI=1S/C22H31N7O/c1-13-9-10-16-15(11-13)19(27-17-7-2-3-8-18(17)28-22(23)24)29-20(26-16)21(30)25-12-14-5-4-6-14/h9-11,14,17-18H,2-8,12H2,1H3,(H,25,30)(H4,23,24,28)(H,26,27,29)/t17-,18+/m0/s1. The van der Waals surface area contributed by atoms with Crippen LogP contribution in [0.4, 0.5) is 5.82 Å². The van der Waals surface area contributed by atoms with Gasteiger partial charge in [-0.1, -0.05) is 30.9 Å². The molecule has 0 aliphatic heterocycles. The molecule has 2 fully saturated rings. The summed E-state index contributed by atoms with van der Waals surface area (Å²) in [7, 11) is 0. The molecular formula is C22H31N7O. The second-order valence-corrected chi connectivity index (χ2v) is 8.58. The lowest BCUT2D eigenvalue weighted by Crippen LogP contribution is -2.39. The van der Waals surface area contributed by atoms with Crippen LogP contribution in [-0.4, -0.2) is 40.5 Å². The highest BCUT2D eigenvalue weighted by atomic mass is 16.2. The maximum atomic E-state index is 12.7. The van der Waals surface area contributed by atoms with Crippen molar-refractivity contribution in [2.75, 3.05) is 11.9 Å². The first-order valence-electron chi connectivity index (χ1n) is 10.9. The predicted molar refractivity (Wildman–Crippen MR) is 119 cm³/mol. The van der Waals surface area contributed by atoms with E-state index in [1.165, 1.54) is 19.3 Å². The summed E-state index contributed by atoms with van der Waals surface area (Å²) in [5.41, 5.74) is 13.2. The van der Waals surface area contributed by atoms with Crippen molar-refractivity contribution in [3.63, 3.8) is 0 Å². The maximum absolute atomic E-state index is 12.7. The summed E-state index contributed by atoms with van der Waals surface area (Å²) in [6, 6.07) is 6.04. The Labute approximate surface area is 176 Å². The molecular weight excluding hydrogens is 378 g/mol. The van der Waals surface area contributed by atoms with Gasteiger partial charge >= 0.3 is 0 Å². The van der Waals surface area contributed by atoms with E-state index in [4.69, 9.17) is 11.5 Å². The third-order valence-electron chi connectivity index (χ3n) is 6.20. The number of nitrogens with one attached hydrogen (secondary N) is 2. The molecule has 0 spiro atoms. The van der Waals surface area contributed by atoms with E-state index in [1.807, 2.05) is 25.1 Å². The minimum atomic E-state index is -0.225. The van der Waals surface area contributed by atoms with Crippen LogP contribution in [0.3, 0.4) is 0 Å². The number of benzene rings is 1. The second kappa shape index (κ2) is 8.85. The minimum Gasteiger partial charge on any atom is -0.370 e. The van der Waals surface area contributed by atoms with Crippen LogP contribution in [0, 0.1) is 12.8 Å². The molecule has 1 aromatic carbocycles. The second-order valence-electron chi connectivity index (χ2n) is 8.58. The topological polar surface area (TPSA) is 131 Å². The lowest BCUT2D eigenvalue weighted by atomic mass is 9.85. The molecule has 1 aromatic heterocycles. The Bertz CT molecular complexity index is 950. The molecule has 1 heterocycles. The van der Waals surface area contributed by atoms with Gasteiger partial charge in [-0.2, -0.15) is 0 Å². The van der Waals surface area contributed by atoms with Crippen LogP contribution in [-0.2, 0) is 0 Å². The number of hydrogen-bond donors (Lipinski definition) is 4. The maximum Gasteiger partial charge on any atom is 0.289 e. The van der Waals surface area contributed by atoms with Crippen molar-refractivity contribution in [2.45, 2.75) is 64.0 Å². The number of amides is 1. The summed E-state index contributed by atoms with van der Waals surface area (Å²) < 4.78 is 0. The van der Waals surface area contributed by atoms with E-state index >= 15 is 0 Å². The van der Waals surface area contributed by atoms with E-state index < -0.39 is 0 Å². The smallest absolute Gasteiger partial charge is 0.289 e. The number of anilines is 1. The Kier molecular flexibility index (Phi) is 6.01. The van der Waals surface area contributed by atoms with Gasteiger partial charge in [0.1, 0.15) is 5.82 Å². The Hall–Kier alpha value is -2.90. The molecule has 4 rings (SSSR count). The van der Waals surface area contributed by atoms with E-state index in [0.29, 0.717) is 18.3 Å². The van der Waals surface area contributed by atoms with Crippen LogP contribution in [0.5, 0.6) is 0 Å². The fraction of sp³-hybridized carbons (Fsp3) is 0.545. The molecule has 30 heavy (non-hydrogen) atoms. The van der Waals surface area contributed by atoms with Gasteiger partial charge in [-0.15, -0.1) is 0 Å². The average molecular weight is 410 g/mol. The molecule has 1 amide bonds. The molecule has 2 saturated carbocycles. The van der Waals surface area contributed by atoms with E-state index in [0.717, 1.165) is 42.1 Å². The number of nitrogens with two attached hydrogens (primary N) is 2. The lowest BCUT2D eigenvalue weighted by molar-refractivity contribution is 0.0929. The quantitative estimate of drug-likeness (QED) is 0.428. The Morgan fingerprint density at radius 3 is 2.67 bits per heavy atom. The summed E-state index contributed by atoms with van der Waals surface area (Å²) in [5, 5.41) is 7.44. The zero-order valence-corrected chi connectivity index (χ0v) is 17.5. The van der Waals surface area contributed by atoms with Gasteiger partial charge in [0.15, 0.2) is 5.96 Å². The van der Waals surface area contributed by atoms with Gasteiger partial charge < -0.3 is 22.1 Å². The number of rotatable bonds is 6. The third-order valence-corrected chi connectivity index (χ3v) is 6.20. The van der Waals surface area contributed by atoms with E-state index in [2.05, 4.69) is 25.6 Å². The van der Waals surface area contributed by atoms with Crippen LogP contribution >= 0.6 is 0 Å². The molecule has 2 aliphatic carbocycles. The number of fused-ring (bicyclic) bond motifs is 1. The van der Waals surface area contributed by atoms with E-state index in [9.17, 15) is 4.79 Å². The van der Waals surface area contributed by atoms with Crippen molar-refractivity contribution < 1.29 is 4.79 Å². The van der Waals surface area contributed by atoms with Gasteiger partial charge in [-0.25, -0.2) is 15.0 Å². The van der Waals surface area contributed by atoms with Crippen LogP contribution in [0.15, 0.2) is 23.2 Å². The highest BCUT2D eigenvalue weighted by Gasteiger charge is 2.27. The SMILES string of the molecule is Cc1ccc2nc(C(=O)NCC3CCC3)nc(N[C@H]3CCCC[C@H]3N=C(N)N)c2c1. The number of nitrogens with zero attached hydrogens (tertiary/aromatic N) is 3. The molecule has 2 aliphatic rings. The van der Waals surface area contributed by atoms with Gasteiger partial charge in [-0.05, 0) is 50.7 Å². The number of aromatic nitrogens is 2. The van der Waals surface area contributed by atoms with Crippen LogP contribution in [0.2, 0.25) is 0 Å². The fourth-order valence-corrected chi connectivity index (χ4v) is 4.27. The number of aliphatic imine (C=N–C) groups is 1. The summed E-state index contributed by atoms with van der Waals surface area (Å²) >= 11 is 0. The van der Waals surface area contributed by atoms with Crippen molar-refractivity contribution in [3.05, 3.63) is 29.6 Å². The molecule has 8 heteroatoms. The molecule has 0 saturated heterocycles. The normalized spacial score (nSPS) is 21.6. The molecule has 2 aromatic rings. The van der Waals surface area contributed by atoms with Gasteiger partial charge in [0, 0.05) is 11.9 Å². The summed E-state index contributed by atoms with van der Waals surface area (Å²) in [6.45, 7) is 2.72.